The van der Waals surface area contributed by atoms with E-state index >= 15 is 0 Å². The van der Waals surface area contributed by atoms with Crippen LogP contribution in [0.1, 0.15) is 23.6 Å². The van der Waals surface area contributed by atoms with Crippen molar-refractivity contribution in [3.63, 3.8) is 0 Å². The summed E-state index contributed by atoms with van der Waals surface area (Å²) in [4.78, 5) is 27.9. The first kappa shape index (κ1) is 25.6. The molecule has 178 valence electrons. The maximum absolute atomic E-state index is 13.4. The summed E-state index contributed by atoms with van der Waals surface area (Å²) >= 11 is 12.3. The van der Waals surface area contributed by atoms with E-state index in [4.69, 9.17) is 27.9 Å². The van der Waals surface area contributed by atoms with Crippen LogP contribution < -0.4 is 10.1 Å². The molecule has 0 heterocycles. The van der Waals surface area contributed by atoms with Gasteiger partial charge in [-0.3, -0.25) is 9.59 Å². The summed E-state index contributed by atoms with van der Waals surface area (Å²) in [6, 6.07) is 21.7. The Kier molecular flexibility index (Phi) is 9.37. The maximum atomic E-state index is 13.4. The molecule has 0 aliphatic carbocycles. The zero-order chi connectivity index (χ0) is 24.5. The Morgan fingerprint density at radius 2 is 1.59 bits per heavy atom. The predicted octanol–water partition coefficient (Wildman–Crippen LogP) is 5.32. The quantitative estimate of drug-likeness (QED) is 0.411. The molecule has 1 atom stereocenters. The van der Waals surface area contributed by atoms with Crippen LogP contribution in [0.2, 0.25) is 10.0 Å². The normalized spacial score (nSPS) is 11.5. The smallest absolute Gasteiger partial charge is 0.261 e. The zero-order valence-corrected chi connectivity index (χ0v) is 20.8. The molecule has 0 aliphatic heterocycles. The molecule has 0 aliphatic rings. The van der Waals surface area contributed by atoms with Gasteiger partial charge in [-0.25, -0.2) is 0 Å². The van der Waals surface area contributed by atoms with Gasteiger partial charge in [0.05, 0.1) is 10.0 Å². The molecule has 7 heteroatoms. The average Bonchev–Trinajstić information content (AvgIpc) is 2.87. The van der Waals surface area contributed by atoms with Crippen LogP contribution in [0, 0.1) is 0 Å². The first-order valence-electron chi connectivity index (χ1n) is 11.1. The van der Waals surface area contributed by atoms with E-state index in [9.17, 15) is 9.59 Å². The fourth-order valence-corrected chi connectivity index (χ4v) is 3.93. The van der Waals surface area contributed by atoms with E-state index in [1.165, 1.54) is 10.5 Å². The molecule has 3 aromatic rings. The monoisotopic (exact) mass is 498 g/mol. The Hall–Kier alpha value is -3.02. The minimum atomic E-state index is -0.736. The van der Waals surface area contributed by atoms with Gasteiger partial charge in [-0.15, -0.1) is 0 Å². The number of ether oxygens (including phenoxy) is 1. The number of carbonyl (C=O) groups excluding carboxylic acids is 2. The largest absolute Gasteiger partial charge is 0.484 e. The van der Waals surface area contributed by atoms with E-state index in [1.54, 1.807) is 25.2 Å². The topological polar surface area (TPSA) is 58.6 Å². The van der Waals surface area contributed by atoms with Crippen molar-refractivity contribution >= 4 is 35.0 Å². The number of hydrogen-bond acceptors (Lipinski definition) is 3. The second-order valence-corrected chi connectivity index (χ2v) is 8.69. The molecular formula is C27H28Cl2N2O3. The number of carbonyl (C=O) groups is 2. The van der Waals surface area contributed by atoms with Gasteiger partial charge < -0.3 is 15.0 Å². The number of nitrogens with one attached hydrogen (secondary N) is 1. The van der Waals surface area contributed by atoms with E-state index in [0.29, 0.717) is 22.2 Å². The Balaban J connectivity index is 1.87. The second kappa shape index (κ2) is 12.4. The summed E-state index contributed by atoms with van der Waals surface area (Å²) in [5.41, 5.74) is 2.89. The minimum Gasteiger partial charge on any atom is -0.484 e. The van der Waals surface area contributed by atoms with Crippen molar-refractivity contribution in [2.75, 3.05) is 13.7 Å². The Morgan fingerprint density at radius 3 is 2.21 bits per heavy atom. The number of aryl methyl sites for hydroxylation is 1. The van der Waals surface area contributed by atoms with Crippen LogP contribution in [0.25, 0.3) is 0 Å². The van der Waals surface area contributed by atoms with Gasteiger partial charge in [0.1, 0.15) is 11.8 Å². The lowest BCUT2D eigenvalue weighted by molar-refractivity contribution is -0.142. The van der Waals surface area contributed by atoms with Crippen molar-refractivity contribution in [1.82, 2.24) is 10.2 Å². The summed E-state index contributed by atoms with van der Waals surface area (Å²) < 4.78 is 5.77. The van der Waals surface area contributed by atoms with E-state index in [-0.39, 0.29) is 25.0 Å². The fourth-order valence-electron chi connectivity index (χ4n) is 3.60. The van der Waals surface area contributed by atoms with Crippen molar-refractivity contribution in [3.8, 4) is 5.75 Å². The molecule has 1 N–H and O–H groups in total. The van der Waals surface area contributed by atoms with Gasteiger partial charge in [-0.05, 0) is 47.4 Å². The molecule has 0 saturated heterocycles. The van der Waals surface area contributed by atoms with Crippen LogP contribution in [0.3, 0.4) is 0 Å². The Bertz CT molecular complexity index is 1100. The number of benzene rings is 3. The van der Waals surface area contributed by atoms with Crippen LogP contribution >= 0.6 is 23.2 Å². The number of rotatable bonds is 10. The number of halogens is 2. The van der Waals surface area contributed by atoms with Crippen molar-refractivity contribution in [3.05, 3.63) is 99.5 Å². The number of nitrogens with zero attached hydrogens (tertiary/aromatic N) is 1. The molecule has 0 fully saturated rings. The van der Waals surface area contributed by atoms with Crippen LogP contribution in [-0.2, 0) is 29.0 Å². The third-order valence-electron chi connectivity index (χ3n) is 5.55. The van der Waals surface area contributed by atoms with Gasteiger partial charge in [0.15, 0.2) is 6.61 Å². The van der Waals surface area contributed by atoms with Crippen molar-refractivity contribution in [2.24, 2.45) is 0 Å². The molecule has 0 bridgehead atoms. The summed E-state index contributed by atoms with van der Waals surface area (Å²) in [5.74, 6) is 0.0272. The van der Waals surface area contributed by atoms with Gasteiger partial charge in [0.2, 0.25) is 5.91 Å². The van der Waals surface area contributed by atoms with E-state index in [0.717, 1.165) is 17.5 Å². The summed E-state index contributed by atoms with van der Waals surface area (Å²) in [6.45, 7) is 2.06. The fraction of sp³-hybridized carbons (Fsp3) is 0.259. The predicted molar refractivity (Wildman–Crippen MR) is 136 cm³/mol. The summed E-state index contributed by atoms with van der Waals surface area (Å²) in [7, 11) is 1.56. The third-order valence-corrected chi connectivity index (χ3v) is 6.29. The number of hydrogen-bond donors (Lipinski definition) is 1. The first-order chi connectivity index (χ1) is 16.4. The van der Waals surface area contributed by atoms with Gasteiger partial charge in [0.25, 0.3) is 5.91 Å². The third kappa shape index (κ3) is 6.99. The summed E-state index contributed by atoms with van der Waals surface area (Å²) in [5, 5.41) is 3.51. The number of amides is 2. The zero-order valence-electron chi connectivity index (χ0n) is 19.3. The highest BCUT2D eigenvalue weighted by Crippen LogP contribution is 2.24. The van der Waals surface area contributed by atoms with Gasteiger partial charge in [0, 0.05) is 20.0 Å². The molecule has 0 radical (unpaired) electrons. The lowest BCUT2D eigenvalue weighted by Gasteiger charge is -2.31. The molecule has 3 aromatic carbocycles. The SMILES string of the molecule is CCc1ccc(OCC(=O)N(Cc2ccc(Cl)c(Cl)c2)C(Cc2ccccc2)C(=O)NC)cc1. The molecule has 3 rings (SSSR count). The van der Waals surface area contributed by atoms with Crippen LogP contribution in [0.4, 0.5) is 0 Å². The molecule has 0 saturated carbocycles. The number of likely N-dealkylation sites (N-methyl/N-ethyl adjacent to an activating group) is 1. The van der Waals surface area contributed by atoms with Crippen molar-refractivity contribution in [2.45, 2.75) is 32.4 Å². The van der Waals surface area contributed by atoms with E-state index in [1.807, 2.05) is 54.6 Å². The van der Waals surface area contributed by atoms with E-state index < -0.39 is 6.04 Å². The second-order valence-electron chi connectivity index (χ2n) is 7.88. The lowest BCUT2D eigenvalue weighted by Crippen LogP contribution is -2.51. The Morgan fingerprint density at radius 1 is 0.912 bits per heavy atom. The minimum absolute atomic E-state index is 0.179. The highest BCUT2D eigenvalue weighted by atomic mass is 35.5. The van der Waals surface area contributed by atoms with Crippen LogP contribution in [0.15, 0.2) is 72.8 Å². The van der Waals surface area contributed by atoms with Crippen LogP contribution in [-0.4, -0.2) is 36.4 Å². The molecule has 1 unspecified atom stereocenters. The van der Waals surface area contributed by atoms with Gasteiger partial charge in [-0.2, -0.15) is 0 Å². The van der Waals surface area contributed by atoms with E-state index in [2.05, 4.69) is 12.2 Å². The average molecular weight is 499 g/mol. The maximum Gasteiger partial charge on any atom is 0.261 e. The highest BCUT2D eigenvalue weighted by molar-refractivity contribution is 6.42. The lowest BCUT2D eigenvalue weighted by atomic mass is 10.0. The molecular weight excluding hydrogens is 471 g/mol. The summed E-state index contributed by atoms with van der Waals surface area (Å²) in [6.07, 6.45) is 1.28. The highest BCUT2D eigenvalue weighted by Gasteiger charge is 2.30. The van der Waals surface area contributed by atoms with Crippen molar-refractivity contribution in [1.29, 1.82) is 0 Å². The molecule has 5 nitrogen and oxygen atoms in total. The van der Waals surface area contributed by atoms with Gasteiger partial charge >= 0.3 is 0 Å². The van der Waals surface area contributed by atoms with Crippen molar-refractivity contribution < 1.29 is 14.3 Å². The molecule has 2 amide bonds. The first-order valence-corrected chi connectivity index (χ1v) is 11.9. The molecule has 0 spiro atoms. The Labute approximate surface area is 210 Å². The molecule has 0 aromatic heterocycles. The standard InChI is InChI=1S/C27H28Cl2N2O3/c1-3-19-9-12-22(13-10-19)34-18-26(32)31(17-21-11-14-23(28)24(29)15-21)25(27(33)30-2)16-20-7-5-4-6-8-20/h4-15,25H,3,16-18H2,1-2H3,(H,30,33). The van der Waals surface area contributed by atoms with Gasteiger partial charge in [-0.1, -0.05) is 78.7 Å². The molecule has 34 heavy (non-hydrogen) atoms. The van der Waals surface area contributed by atoms with Crippen LogP contribution in [0.5, 0.6) is 5.75 Å².